The Kier molecular flexibility index (Phi) is 3.39. The van der Waals surface area contributed by atoms with Gasteiger partial charge in [-0.05, 0) is 18.1 Å². The van der Waals surface area contributed by atoms with Crippen LogP contribution in [-0.4, -0.2) is 15.0 Å². The van der Waals surface area contributed by atoms with E-state index in [1.165, 1.54) is 6.33 Å². The summed E-state index contributed by atoms with van der Waals surface area (Å²) in [5.41, 5.74) is 8.72. The third kappa shape index (κ3) is 2.50. The molecule has 0 spiro atoms. The highest BCUT2D eigenvalue weighted by Crippen LogP contribution is 2.30. The van der Waals surface area contributed by atoms with E-state index >= 15 is 0 Å². The third-order valence-corrected chi connectivity index (χ3v) is 3.38. The zero-order valence-electron chi connectivity index (χ0n) is 12.0. The Labute approximate surface area is 123 Å². The maximum absolute atomic E-state index is 5.98. The number of hydrogen-bond acceptors (Lipinski definition) is 5. The van der Waals surface area contributed by atoms with Crippen LogP contribution in [0.1, 0.15) is 25.3 Å². The molecule has 3 rings (SSSR count). The lowest BCUT2D eigenvalue weighted by atomic mass is 10.0. The number of anilines is 3. The normalized spacial score (nSPS) is 11.0. The molecule has 0 amide bonds. The van der Waals surface area contributed by atoms with Crippen LogP contribution in [0, 0.1) is 0 Å². The highest BCUT2D eigenvalue weighted by molar-refractivity contribution is 5.92. The van der Waals surface area contributed by atoms with Crippen molar-refractivity contribution in [1.82, 2.24) is 15.0 Å². The topological polar surface area (TPSA) is 76.7 Å². The predicted octanol–water partition coefficient (Wildman–Crippen LogP) is 3.47. The number of nitrogens with one attached hydrogen (secondary N) is 1. The molecule has 2 heterocycles. The van der Waals surface area contributed by atoms with Gasteiger partial charge in [-0.25, -0.2) is 9.97 Å². The van der Waals surface area contributed by atoms with Crippen LogP contribution >= 0.6 is 0 Å². The van der Waals surface area contributed by atoms with Gasteiger partial charge in [0.1, 0.15) is 18.0 Å². The van der Waals surface area contributed by atoms with Crippen molar-refractivity contribution in [3.63, 3.8) is 0 Å². The minimum Gasteiger partial charge on any atom is -0.383 e. The van der Waals surface area contributed by atoms with Crippen molar-refractivity contribution in [2.75, 3.05) is 11.1 Å². The van der Waals surface area contributed by atoms with E-state index in [-0.39, 0.29) is 5.92 Å². The summed E-state index contributed by atoms with van der Waals surface area (Å²) < 4.78 is 0. The number of nitrogens with zero attached hydrogens (tertiary/aromatic N) is 3. The lowest BCUT2D eigenvalue weighted by Gasteiger charge is -2.15. The minimum absolute atomic E-state index is 0.233. The lowest BCUT2D eigenvalue weighted by molar-refractivity contribution is 0.855. The molecule has 0 fully saturated rings. The summed E-state index contributed by atoms with van der Waals surface area (Å²) in [5, 5.41) is 4.42. The zero-order chi connectivity index (χ0) is 14.8. The molecule has 3 N–H and O–H groups in total. The van der Waals surface area contributed by atoms with Crippen molar-refractivity contribution in [3.8, 4) is 0 Å². The van der Waals surface area contributed by atoms with Crippen LogP contribution in [0.2, 0.25) is 0 Å². The second kappa shape index (κ2) is 5.36. The monoisotopic (exact) mass is 279 g/mol. The number of nitrogens with two attached hydrogens (primary N) is 1. The van der Waals surface area contributed by atoms with E-state index in [4.69, 9.17) is 5.73 Å². The molecule has 0 radical (unpaired) electrons. The molecule has 0 aliphatic rings. The Morgan fingerprint density at radius 2 is 1.86 bits per heavy atom. The van der Waals surface area contributed by atoms with E-state index in [0.717, 1.165) is 28.0 Å². The summed E-state index contributed by atoms with van der Waals surface area (Å²) in [5.74, 6) is 1.47. The van der Waals surface area contributed by atoms with Crippen molar-refractivity contribution in [2.24, 2.45) is 0 Å². The standard InChI is InChI=1S/C16H17N5/c1-10(2)13-15(17)19-9-20-16(13)21-12-7-3-5-11-6-4-8-18-14(11)12/h3-10H,1-2H3,(H3,17,19,20,21). The lowest BCUT2D eigenvalue weighted by Crippen LogP contribution is -2.07. The number of pyridine rings is 1. The van der Waals surface area contributed by atoms with Gasteiger partial charge in [0.15, 0.2) is 0 Å². The number of hydrogen-bond donors (Lipinski definition) is 2. The Morgan fingerprint density at radius 1 is 1.05 bits per heavy atom. The van der Waals surface area contributed by atoms with Crippen LogP contribution in [0.3, 0.4) is 0 Å². The average Bonchev–Trinajstić information content (AvgIpc) is 2.47. The molecule has 0 saturated carbocycles. The van der Waals surface area contributed by atoms with E-state index in [9.17, 15) is 0 Å². The van der Waals surface area contributed by atoms with Crippen molar-refractivity contribution in [1.29, 1.82) is 0 Å². The van der Waals surface area contributed by atoms with E-state index in [2.05, 4.69) is 34.1 Å². The molecule has 0 saturated heterocycles. The molecule has 1 aromatic carbocycles. The molecule has 0 aliphatic heterocycles. The quantitative estimate of drug-likeness (QED) is 0.767. The van der Waals surface area contributed by atoms with Crippen LogP contribution < -0.4 is 11.1 Å². The fourth-order valence-electron chi connectivity index (χ4n) is 2.41. The van der Waals surface area contributed by atoms with Gasteiger partial charge in [0.05, 0.1) is 11.2 Å². The molecule has 0 atom stereocenters. The van der Waals surface area contributed by atoms with Gasteiger partial charge in [0.2, 0.25) is 0 Å². The van der Waals surface area contributed by atoms with E-state index in [1.54, 1.807) is 6.20 Å². The Hall–Kier alpha value is -2.69. The summed E-state index contributed by atoms with van der Waals surface area (Å²) in [6, 6.07) is 9.97. The van der Waals surface area contributed by atoms with E-state index in [0.29, 0.717) is 5.82 Å². The van der Waals surface area contributed by atoms with Crippen molar-refractivity contribution in [3.05, 3.63) is 48.4 Å². The van der Waals surface area contributed by atoms with E-state index < -0.39 is 0 Å². The van der Waals surface area contributed by atoms with Gasteiger partial charge in [-0.3, -0.25) is 4.98 Å². The minimum atomic E-state index is 0.233. The Bertz CT molecular complexity index is 777. The Balaban J connectivity index is 2.09. The van der Waals surface area contributed by atoms with Crippen LogP contribution in [0.4, 0.5) is 17.3 Å². The number of rotatable bonds is 3. The number of fused-ring (bicyclic) bond motifs is 1. The van der Waals surface area contributed by atoms with Gasteiger partial charge in [-0.1, -0.05) is 32.0 Å². The summed E-state index contributed by atoms with van der Waals surface area (Å²) in [4.78, 5) is 12.8. The molecule has 0 bridgehead atoms. The van der Waals surface area contributed by atoms with Crippen molar-refractivity contribution in [2.45, 2.75) is 19.8 Å². The van der Waals surface area contributed by atoms with Crippen LogP contribution in [-0.2, 0) is 0 Å². The van der Waals surface area contributed by atoms with Crippen LogP contribution in [0.5, 0.6) is 0 Å². The van der Waals surface area contributed by atoms with Gasteiger partial charge in [0.25, 0.3) is 0 Å². The maximum Gasteiger partial charge on any atom is 0.139 e. The molecule has 3 aromatic rings. The summed E-state index contributed by atoms with van der Waals surface area (Å²) in [6.07, 6.45) is 3.26. The molecular formula is C16H17N5. The van der Waals surface area contributed by atoms with Crippen molar-refractivity contribution >= 4 is 28.2 Å². The summed E-state index contributed by atoms with van der Waals surface area (Å²) in [6.45, 7) is 4.14. The first-order chi connectivity index (χ1) is 10.2. The molecule has 2 aromatic heterocycles. The Morgan fingerprint density at radius 3 is 2.67 bits per heavy atom. The van der Waals surface area contributed by atoms with Crippen molar-refractivity contribution < 1.29 is 0 Å². The third-order valence-electron chi connectivity index (χ3n) is 3.38. The highest BCUT2D eigenvalue weighted by atomic mass is 15.0. The summed E-state index contributed by atoms with van der Waals surface area (Å²) >= 11 is 0. The van der Waals surface area contributed by atoms with Gasteiger partial charge >= 0.3 is 0 Å². The molecular weight excluding hydrogens is 262 g/mol. The predicted molar refractivity (Wildman–Crippen MR) is 85.6 cm³/mol. The number of benzene rings is 1. The molecule has 0 aliphatic carbocycles. The molecule has 0 unspecified atom stereocenters. The SMILES string of the molecule is CC(C)c1c(N)ncnc1Nc1cccc2cccnc12. The maximum atomic E-state index is 5.98. The van der Waals surface area contributed by atoms with Crippen LogP contribution in [0.25, 0.3) is 10.9 Å². The molecule has 5 nitrogen and oxygen atoms in total. The fraction of sp³-hybridized carbons (Fsp3) is 0.188. The number of para-hydroxylation sites is 1. The fourth-order valence-corrected chi connectivity index (χ4v) is 2.41. The van der Waals surface area contributed by atoms with Gasteiger partial charge in [-0.15, -0.1) is 0 Å². The first kappa shape index (κ1) is 13.3. The molecule has 21 heavy (non-hydrogen) atoms. The largest absolute Gasteiger partial charge is 0.383 e. The van der Waals surface area contributed by atoms with Gasteiger partial charge in [-0.2, -0.15) is 0 Å². The highest BCUT2D eigenvalue weighted by Gasteiger charge is 2.14. The molecule has 106 valence electrons. The molecule has 5 heteroatoms. The second-order valence-electron chi connectivity index (χ2n) is 5.18. The second-order valence-corrected chi connectivity index (χ2v) is 5.18. The van der Waals surface area contributed by atoms with Gasteiger partial charge in [0, 0.05) is 17.1 Å². The number of nitrogen functional groups attached to an aromatic ring is 1. The first-order valence-corrected chi connectivity index (χ1v) is 6.88. The van der Waals surface area contributed by atoms with Gasteiger partial charge < -0.3 is 11.1 Å². The van der Waals surface area contributed by atoms with E-state index in [1.807, 2.05) is 30.3 Å². The summed E-state index contributed by atoms with van der Waals surface area (Å²) in [7, 11) is 0. The zero-order valence-corrected chi connectivity index (χ0v) is 12.0. The smallest absolute Gasteiger partial charge is 0.139 e. The number of aromatic nitrogens is 3. The van der Waals surface area contributed by atoms with Crippen LogP contribution in [0.15, 0.2) is 42.9 Å². The average molecular weight is 279 g/mol. The first-order valence-electron chi connectivity index (χ1n) is 6.88.